The van der Waals surface area contributed by atoms with Gasteiger partial charge in [-0.2, -0.15) is 0 Å². The van der Waals surface area contributed by atoms with Crippen LogP contribution < -0.4 is 5.32 Å². The second-order valence-corrected chi connectivity index (χ2v) is 5.75. The molecule has 0 bridgehead atoms. The van der Waals surface area contributed by atoms with Gasteiger partial charge in [-0.3, -0.25) is 4.90 Å². The summed E-state index contributed by atoms with van der Waals surface area (Å²) in [6.07, 6.45) is 5.51. The van der Waals surface area contributed by atoms with E-state index in [1.807, 2.05) is 7.05 Å². The standard InChI is InChI=1S/C15H22N2OS/c1-16-10-12(11-18)17-9-5-7-14(17)13-6-3-4-8-15(13)19-2/h3-4,6,8,11-12,14,16H,5,7,9-10H2,1-2H3. The first kappa shape index (κ1) is 14.6. The van der Waals surface area contributed by atoms with Crippen molar-refractivity contribution in [3.63, 3.8) is 0 Å². The molecule has 1 N–H and O–H groups in total. The van der Waals surface area contributed by atoms with Crippen molar-refractivity contribution in [2.75, 3.05) is 26.4 Å². The van der Waals surface area contributed by atoms with E-state index in [9.17, 15) is 4.79 Å². The molecule has 1 aromatic rings. The van der Waals surface area contributed by atoms with Crippen molar-refractivity contribution in [2.24, 2.45) is 0 Å². The van der Waals surface area contributed by atoms with Gasteiger partial charge in [0.1, 0.15) is 6.29 Å². The maximum atomic E-state index is 11.3. The summed E-state index contributed by atoms with van der Waals surface area (Å²) in [5.41, 5.74) is 1.37. The van der Waals surface area contributed by atoms with Crippen LogP contribution in [0.3, 0.4) is 0 Å². The summed E-state index contributed by atoms with van der Waals surface area (Å²) in [6.45, 7) is 1.74. The van der Waals surface area contributed by atoms with E-state index in [2.05, 4.69) is 40.7 Å². The second kappa shape index (κ2) is 7.08. The van der Waals surface area contributed by atoms with Gasteiger partial charge in [-0.1, -0.05) is 18.2 Å². The first-order chi connectivity index (χ1) is 9.31. The SMILES string of the molecule is CNCC(C=O)N1CCCC1c1ccccc1SC. The number of nitrogens with zero attached hydrogens (tertiary/aromatic N) is 1. The Morgan fingerprint density at radius 1 is 1.53 bits per heavy atom. The van der Waals surface area contributed by atoms with Gasteiger partial charge in [0.15, 0.2) is 0 Å². The van der Waals surface area contributed by atoms with Crippen LogP contribution in [0.2, 0.25) is 0 Å². The van der Waals surface area contributed by atoms with E-state index < -0.39 is 0 Å². The van der Waals surface area contributed by atoms with E-state index in [0.29, 0.717) is 6.04 Å². The van der Waals surface area contributed by atoms with Crippen molar-refractivity contribution in [3.05, 3.63) is 29.8 Å². The molecule has 0 amide bonds. The lowest BCUT2D eigenvalue weighted by Crippen LogP contribution is -2.42. The van der Waals surface area contributed by atoms with Gasteiger partial charge < -0.3 is 10.1 Å². The fourth-order valence-electron chi connectivity index (χ4n) is 2.91. The molecule has 2 rings (SSSR count). The summed E-state index contributed by atoms with van der Waals surface area (Å²) in [5, 5.41) is 3.12. The number of aldehydes is 1. The van der Waals surface area contributed by atoms with Crippen LogP contribution in [0, 0.1) is 0 Å². The van der Waals surface area contributed by atoms with Crippen molar-refractivity contribution < 1.29 is 4.79 Å². The number of likely N-dealkylation sites (tertiary alicyclic amines) is 1. The molecule has 1 saturated heterocycles. The molecule has 104 valence electrons. The van der Waals surface area contributed by atoms with Gasteiger partial charge in [-0.15, -0.1) is 11.8 Å². The van der Waals surface area contributed by atoms with Crippen LogP contribution in [0.5, 0.6) is 0 Å². The van der Waals surface area contributed by atoms with Gasteiger partial charge in [0, 0.05) is 17.5 Å². The molecular formula is C15H22N2OS. The number of benzene rings is 1. The molecule has 0 aromatic heterocycles. The monoisotopic (exact) mass is 278 g/mol. The summed E-state index contributed by atoms with van der Waals surface area (Å²) in [5.74, 6) is 0. The van der Waals surface area contributed by atoms with Crippen LogP contribution in [0.1, 0.15) is 24.4 Å². The average molecular weight is 278 g/mol. The fraction of sp³-hybridized carbons (Fsp3) is 0.533. The summed E-state index contributed by atoms with van der Waals surface area (Å²) in [4.78, 5) is 15.0. The van der Waals surface area contributed by atoms with Crippen LogP contribution in [0.25, 0.3) is 0 Å². The third kappa shape index (κ3) is 3.19. The first-order valence-corrected chi connectivity index (χ1v) is 8.02. The highest BCUT2D eigenvalue weighted by Crippen LogP contribution is 2.37. The quantitative estimate of drug-likeness (QED) is 0.639. The van der Waals surface area contributed by atoms with E-state index in [4.69, 9.17) is 0 Å². The molecule has 0 spiro atoms. The van der Waals surface area contributed by atoms with Crippen LogP contribution in [0.15, 0.2) is 29.2 Å². The number of carbonyl (C=O) groups is 1. The zero-order chi connectivity index (χ0) is 13.7. The Hall–Kier alpha value is -0.840. The zero-order valence-corrected chi connectivity index (χ0v) is 12.5. The largest absolute Gasteiger partial charge is 0.318 e. The van der Waals surface area contributed by atoms with Gasteiger partial charge in [-0.25, -0.2) is 0 Å². The third-order valence-electron chi connectivity index (χ3n) is 3.79. The lowest BCUT2D eigenvalue weighted by molar-refractivity contribution is -0.112. The van der Waals surface area contributed by atoms with Crippen molar-refractivity contribution in [1.29, 1.82) is 0 Å². The number of nitrogens with one attached hydrogen (secondary N) is 1. The van der Waals surface area contributed by atoms with Crippen LogP contribution in [0.4, 0.5) is 0 Å². The highest BCUT2D eigenvalue weighted by atomic mass is 32.2. The Balaban J connectivity index is 2.24. The number of hydrogen-bond acceptors (Lipinski definition) is 4. The van der Waals surface area contributed by atoms with Crippen molar-refractivity contribution in [1.82, 2.24) is 10.2 Å². The van der Waals surface area contributed by atoms with Crippen LogP contribution >= 0.6 is 11.8 Å². The lowest BCUT2D eigenvalue weighted by atomic mass is 10.0. The summed E-state index contributed by atoms with van der Waals surface area (Å²) >= 11 is 1.79. The lowest BCUT2D eigenvalue weighted by Gasteiger charge is -2.30. The maximum absolute atomic E-state index is 11.3. The average Bonchev–Trinajstić information content (AvgIpc) is 2.93. The van der Waals surface area contributed by atoms with E-state index >= 15 is 0 Å². The summed E-state index contributed by atoms with van der Waals surface area (Å²) in [7, 11) is 1.90. The number of likely N-dealkylation sites (N-methyl/N-ethyl adjacent to an activating group) is 1. The Labute approximate surface area is 119 Å². The summed E-state index contributed by atoms with van der Waals surface area (Å²) in [6, 6.07) is 8.92. The first-order valence-electron chi connectivity index (χ1n) is 6.80. The van der Waals surface area contributed by atoms with Gasteiger partial charge >= 0.3 is 0 Å². The number of thioether (sulfide) groups is 1. The van der Waals surface area contributed by atoms with Gasteiger partial charge in [0.25, 0.3) is 0 Å². The van der Waals surface area contributed by atoms with E-state index in [0.717, 1.165) is 25.8 Å². The van der Waals surface area contributed by atoms with Gasteiger partial charge in [-0.05, 0) is 44.3 Å². The molecule has 4 heteroatoms. The molecule has 1 heterocycles. The minimum atomic E-state index is -0.0209. The van der Waals surface area contributed by atoms with E-state index in [1.165, 1.54) is 16.9 Å². The number of rotatable bonds is 6. The third-order valence-corrected chi connectivity index (χ3v) is 4.60. The predicted molar refractivity (Wildman–Crippen MR) is 80.7 cm³/mol. The molecule has 1 aliphatic heterocycles. The van der Waals surface area contributed by atoms with Crippen LogP contribution in [-0.4, -0.2) is 43.6 Å². The molecule has 0 saturated carbocycles. The van der Waals surface area contributed by atoms with Crippen molar-refractivity contribution in [2.45, 2.75) is 29.8 Å². The molecule has 2 unspecified atom stereocenters. The molecule has 1 fully saturated rings. The molecule has 19 heavy (non-hydrogen) atoms. The van der Waals surface area contributed by atoms with Crippen molar-refractivity contribution >= 4 is 18.0 Å². The Kier molecular flexibility index (Phi) is 5.43. The highest BCUT2D eigenvalue weighted by Gasteiger charge is 2.32. The van der Waals surface area contributed by atoms with Crippen molar-refractivity contribution in [3.8, 4) is 0 Å². The van der Waals surface area contributed by atoms with Gasteiger partial charge in [0.2, 0.25) is 0 Å². The maximum Gasteiger partial charge on any atom is 0.138 e. The molecular weight excluding hydrogens is 256 g/mol. The Morgan fingerprint density at radius 2 is 2.32 bits per heavy atom. The zero-order valence-electron chi connectivity index (χ0n) is 11.6. The smallest absolute Gasteiger partial charge is 0.138 e. The summed E-state index contributed by atoms with van der Waals surface area (Å²) < 4.78 is 0. The minimum Gasteiger partial charge on any atom is -0.318 e. The molecule has 2 atom stereocenters. The number of hydrogen-bond donors (Lipinski definition) is 1. The molecule has 0 aliphatic carbocycles. The minimum absolute atomic E-state index is 0.0209. The fourth-order valence-corrected chi connectivity index (χ4v) is 3.57. The molecule has 3 nitrogen and oxygen atoms in total. The molecule has 0 radical (unpaired) electrons. The van der Waals surface area contributed by atoms with Gasteiger partial charge in [0.05, 0.1) is 6.04 Å². The normalized spacial score (nSPS) is 21.5. The molecule has 1 aliphatic rings. The predicted octanol–water partition coefficient (Wildman–Crippen LogP) is 2.33. The second-order valence-electron chi connectivity index (χ2n) is 4.90. The van der Waals surface area contributed by atoms with E-state index in [-0.39, 0.29) is 6.04 Å². The van der Waals surface area contributed by atoms with E-state index in [1.54, 1.807) is 11.8 Å². The molecule has 1 aromatic carbocycles. The Morgan fingerprint density at radius 3 is 3.00 bits per heavy atom. The highest BCUT2D eigenvalue weighted by molar-refractivity contribution is 7.98. The number of carbonyl (C=O) groups excluding carboxylic acids is 1. The van der Waals surface area contributed by atoms with Crippen LogP contribution in [-0.2, 0) is 4.79 Å². The Bertz CT molecular complexity index is 424. The topological polar surface area (TPSA) is 32.3 Å².